The number of carbonyl (C=O) groups is 2. The Morgan fingerprint density at radius 3 is 2.12 bits per heavy atom. The number of carbonyl (C=O) groups excluding carboxylic acids is 2. The zero-order valence-corrected chi connectivity index (χ0v) is 13.4. The summed E-state index contributed by atoms with van der Waals surface area (Å²) in [5, 5.41) is 9.68. The van der Waals surface area contributed by atoms with Crippen LogP contribution in [-0.4, -0.2) is 42.1 Å². The Balaban J connectivity index is 1.58. The van der Waals surface area contributed by atoms with E-state index in [2.05, 4.69) is 0 Å². The molecular formula is C19H18O6. The topological polar surface area (TPSA) is 82.1 Å². The predicted molar refractivity (Wildman–Crippen MR) is 87.9 cm³/mol. The van der Waals surface area contributed by atoms with E-state index in [-0.39, 0.29) is 13.0 Å². The fourth-order valence-electron chi connectivity index (χ4n) is 2.56. The van der Waals surface area contributed by atoms with Gasteiger partial charge in [0, 0.05) is 6.42 Å². The summed E-state index contributed by atoms with van der Waals surface area (Å²) in [7, 11) is 0. The fourth-order valence-corrected chi connectivity index (χ4v) is 2.56. The van der Waals surface area contributed by atoms with Gasteiger partial charge in [0.05, 0.1) is 11.1 Å². The maximum Gasteiger partial charge on any atom is 0.338 e. The highest BCUT2D eigenvalue weighted by Gasteiger charge is 2.38. The van der Waals surface area contributed by atoms with Crippen LogP contribution < -0.4 is 0 Å². The molecule has 1 unspecified atom stereocenters. The molecule has 1 aliphatic rings. The van der Waals surface area contributed by atoms with Gasteiger partial charge in [-0.15, -0.1) is 0 Å². The molecule has 6 heteroatoms. The zero-order valence-electron chi connectivity index (χ0n) is 13.4. The number of ether oxygens (including phenoxy) is 3. The van der Waals surface area contributed by atoms with Crippen LogP contribution in [0.4, 0.5) is 0 Å². The maximum atomic E-state index is 12.1. The first-order valence-electron chi connectivity index (χ1n) is 7.95. The highest BCUT2D eigenvalue weighted by molar-refractivity contribution is 5.90. The van der Waals surface area contributed by atoms with Crippen molar-refractivity contribution in [2.75, 3.05) is 6.61 Å². The zero-order chi connectivity index (χ0) is 17.6. The van der Waals surface area contributed by atoms with Crippen LogP contribution in [0.1, 0.15) is 27.1 Å². The third kappa shape index (κ3) is 4.43. The molecule has 1 N–H and O–H groups in total. The number of hydrogen-bond donors (Lipinski definition) is 1. The Labute approximate surface area is 144 Å². The van der Waals surface area contributed by atoms with Crippen LogP contribution in [0.2, 0.25) is 0 Å². The van der Waals surface area contributed by atoms with E-state index in [1.165, 1.54) is 0 Å². The van der Waals surface area contributed by atoms with Crippen molar-refractivity contribution in [2.24, 2.45) is 0 Å². The standard InChI is InChI=1S/C19H18O6/c20-17-11-15(25-19(22)14-9-5-2-6-10-14)16(24-17)12-23-18(21)13-7-3-1-4-8-13/h1-10,15-17,20H,11-12H2/t15?,16-,17-/m1/s1. The van der Waals surface area contributed by atoms with Gasteiger partial charge >= 0.3 is 11.9 Å². The van der Waals surface area contributed by atoms with Crippen molar-refractivity contribution in [1.29, 1.82) is 0 Å². The summed E-state index contributed by atoms with van der Waals surface area (Å²) in [6.07, 6.45) is -2.33. The lowest BCUT2D eigenvalue weighted by molar-refractivity contribution is -0.110. The van der Waals surface area contributed by atoms with Gasteiger partial charge in [-0.25, -0.2) is 9.59 Å². The van der Waals surface area contributed by atoms with Crippen molar-refractivity contribution in [3.05, 3.63) is 71.8 Å². The number of rotatable bonds is 5. The summed E-state index contributed by atoms with van der Waals surface area (Å²) in [4.78, 5) is 24.1. The van der Waals surface area contributed by atoms with Gasteiger partial charge < -0.3 is 19.3 Å². The molecule has 1 heterocycles. The SMILES string of the molecule is O=C(OC[C@H]1O[C@@H](O)CC1OC(=O)c1ccccc1)c1ccccc1. The highest BCUT2D eigenvalue weighted by atomic mass is 16.7. The normalized spacial score (nSPS) is 22.4. The van der Waals surface area contributed by atoms with Crippen LogP contribution in [0, 0.1) is 0 Å². The Morgan fingerprint density at radius 1 is 0.960 bits per heavy atom. The van der Waals surface area contributed by atoms with E-state index in [1.54, 1.807) is 60.7 Å². The molecule has 0 radical (unpaired) electrons. The quantitative estimate of drug-likeness (QED) is 0.839. The summed E-state index contributed by atoms with van der Waals surface area (Å²) < 4.78 is 15.9. The minimum atomic E-state index is -1.06. The Kier molecular flexibility index (Phi) is 5.42. The molecule has 3 rings (SSSR count). The van der Waals surface area contributed by atoms with Gasteiger partial charge in [0.1, 0.15) is 18.8 Å². The van der Waals surface area contributed by atoms with Crippen LogP contribution in [0.25, 0.3) is 0 Å². The maximum absolute atomic E-state index is 12.1. The second kappa shape index (κ2) is 7.92. The summed E-state index contributed by atoms with van der Waals surface area (Å²) in [5.74, 6) is -1.01. The molecule has 2 aromatic rings. The largest absolute Gasteiger partial charge is 0.459 e. The number of benzene rings is 2. The lowest BCUT2D eigenvalue weighted by atomic mass is 10.1. The van der Waals surface area contributed by atoms with E-state index in [1.807, 2.05) is 0 Å². The molecule has 25 heavy (non-hydrogen) atoms. The van der Waals surface area contributed by atoms with Gasteiger partial charge in [0.25, 0.3) is 0 Å². The molecule has 6 nitrogen and oxygen atoms in total. The Bertz CT molecular complexity index is 715. The summed E-state index contributed by atoms with van der Waals surface area (Å²) in [5.41, 5.74) is 0.822. The van der Waals surface area contributed by atoms with Gasteiger partial charge in [-0.05, 0) is 24.3 Å². The monoisotopic (exact) mass is 342 g/mol. The van der Waals surface area contributed by atoms with Crippen LogP contribution in [0.5, 0.6) is 0 Å². The van der Waals surface area contributed by atoms with Crippen molar-refractivity contribution in [3.63, 3.8) is 0 Å². The molecule has 0 aromatic heterocycles. The van der Waals surface area contributed by atoms with Crippen LogP contribution in [0.15, 0.2) is 60.7 Å². The molecule has 2 aromatic carbocycles. The Hall–Kier alpha value is -2.70. The predicted octanol–water partition coefficient (Wildman–Crippen LogP) is 2.18. The van der Waals surface area contributed by atoms with E-state index in [9.17, 15) is 14.7 Å². The van der Waals surface area contributed by atoms with Crippen molar-refractivity contribution in [2.45, 2.75) is 24.9 Å². The van der Waals surface area contributed by atoms with Gasteiger partial charge in [0.15, 0.2) is 6.29 Å². The van der Waals surface area contributed by atoms with Crippen molar-refractivity contribution < 1.29 is 28.9 Å². The van der Waals surface area contributed by atoms with E-state index >= 15 is 0 Å². The van der Waals surface area contributed by atoms with E-state index in [0.717, 1.165) is 0 Å². The molecular weight excluding hydrogens is 324 g/mol. The number of hydrogen-bond acceptors (Lipinski definition) is 6. The van der Waals surface area contributed by atoms with Gasteiger partial charge in [0.2, 0.25) is 0 Å². The molecule has 0 saturated carbocycles. The number of esters is 2. The first kappa shape index (κ1) is 17.1. The first-order chi connectivity index (χ1) is 12.1. The second-order valence-corrected chi connectivity index (χ2v) is 5.64. The third-order valence-corrected chi connectivity index (χ3v) is 3.84. The van der Waals surface area contributed by atoms with E-state index < -0.39 is 30.4 Å². The molecule has 1 fully saturated rings. The fraction of sp³-hybridized carbons (Fsp3) is 0.263. The minimum absolute atomic E-state index is 0.114. The molecule has 0 aliphatic carbocycles. The average Bonchev–Trinajstić information content (AvgIpc) is 3.00. The smallest absolute Gasteiger partial charge is 0.338 e. The van der Waals surface area contributed by atoms with Crippen molar-refractivity contribution in [3.8, 4) is 0 Å². The van der Waals surface area contributed by atoms with Crippen LogP contribution >= 0.6 is 0 Å². The lowest BCUT2D eigenvalue weighted by Gasteiger charge is -2.18. The average molecular weight is 342 g/mol. The second-order valence-electron chi connectivity index (χ2n) is 5.64. The molecule has 0 spiro atoms. The van der Waals surface area contributed by atoms with E-state index in [0.29, 0.717) is 11.1 Å². The summed E-state index contributed by atoms with van der Waals surface area (Å²) in [6.45, 7) is -0.114. The minimum Gasteiger partial charge on any atom is -0.459 e. The number of aliphatic hydroxyl groups is 1. The highest BCUT2D eigenvalue weighted by Crippen LogP contribution is 2.23. The molecule has 1 aliphatic heterocycles. The lowest BCUT2D eigenvalue weighted by Crippen LogP contribution is -2.32. The molecule has 130 valence electrons. The molecule has 0 bridgehead atoms. The van der Waals surface area contributed by atoms with Gasteiger partial charge in [-0.3, -0.25) is 0 Å². The van der Waals surface area contributed by atoms with Crippen LogP contribution in [0.3, 0.4) is 0 Å². The molecule has 1 saturated heterocycles. The Morgan fingerprint density at radius 2 is 1.52 bits per heavy atom. The van der Waals surface area contributed by atoms with Crippen molar-refractivity contribution in [1.82, 2.24) is 0 Å². The van der Waals surface area contributed by atoms with Crippen molar-refractivity contribution >= 4 is 11.9 Å². The molecule has 0 amide bonds. The van der Waals surface area contributed by atoms with Gasteiger partial charge in [-0.2, -0.15) is 0 Å². The molecule has 3 atom stereocenters. The number of aliphatic hydroxyl groups excluding tert-OH is 1. The summed E-state index contributed by atoms with van der Waals surface area (Å²) in [6, 6.07) is 17.1. The van der Waals surface area contributed by atoms with Gasteiger partial charge in [-0.1, -0.05) is 36.4 Å². The summed E-state index contributed by atoms with van der Waals surface area (Å²) >= 11 is 0. The van der Waals surface area contributed by atoms with Crippen LogP contribution in [-0.2, 0) is 14.2 Å². The first-order valence-corrected chi connectivity index (χ1v) is 7.95. The third-order valence-electron chi connectivity index (χ3n) is 3.84. The van der Waals surface area contributed by atoms with E-state index in [4.69, 9.17) is 14.2 Å².